The lowest BCUT2D eigenvalue weighted by Crippen LogP contribution is -2.38. The van der Waals surface area contributed by atoms with Crippen molar-refractivity contribution in [3.63, 3.8) is 0 Å². The number of piperidine rings is 1. The Morgan fingerprint density at radius 2 is 1.91 bits per heavy atom. The van der Waals surface area contributed by atoms with E-state index in [4.69, 9.17) is 23.8 Å². The molecule has 2 aliphatic rings. The first-order chi connectivity index (χ1) is 15.9. The van der Waals surface area contributed by atoms with Crippen molar-refractivity contribution in [1.29, 1.82) is 0 Å². The summed E-state index contributed by atoms with van der Waals surface area (Å²) in [5.41, 5.74) is 3.07. The zero-order valence-corrected chi connectivity index (χ0v) is 22.5. The Labute approximate surface area is 218 Å². The van der Waals surface area contributed by atoms with E-state index in [0.717, 1.165) is 39.0 Å². The molecule has 5 rings (SSSR count). The van der Waals surface area contributed by atoms with Crippen LogP contribution in [-0.4, -0.2) is 23.2 Å². The fourth-order valence-corrected chi connectivity index (χ4v) is 7.36. The van der Waals surface area contributed by atoms with Crippen molar-refractivity contribution < 1.29 is 0 Å². The van der Waals surface area contributed by atoms with Crippen LogP contribution in [0.1, 0.15) is 42.9 Å². The SMILES string of the molecule is C[C@H]1C[C@H](C)CN(c2ccc(N3C(=S)N[C@@H](c4ccccn4)[C@@H]3c3ccc(Br)s3)cc2Cl)C1. The Hall–Kier alpha value is -1.67. The molecule has 0 unspecified atom stereocenters. The highest BCUT2D eigenvalue weighted by atomic mass is 79.9. The molecule has 2 aromatic heterocycles. The number of benzene rings is 1. The number of hydrogen-bond acceptors (Lipinski definition) is 4. The number of pyridine rings is 1. The first-order valence-electron chi connectivity index (χ1n) is 11.2. The number of hydrogen-bond donors (Lipinski definition) is 1. The number of nitrogens with zero attached hydrogens (tertiary/aromatic N) is 3. The molecule has 0 bridgehead atoms. The molecule has 0 saturated carbocycles. The van der Waals surface area contributed by atoms with Crippen molar-refractivity contribution >= 4 is 67.6 Å². The van der Waals surface area contributed by atoms with E-state index in [-0.39, 0.29) is 12.1 Å². The minimum Gasteiger partial charge on any atom is -0.370 e. The van der Waals surface area contributed by atoms with Gasteiger partial charge in [0.2, 0.25) is 0 Å². The second kappa shape index (κ2) is 9.53. The van der Waals surface area contributed by atoms with Gasteiger partial charge in [-0.15, -0.1) is 11.3 Å². The number of thiophene rings is 1. The van der Waals surface area contributed by atoms with E-state index in [0.29, 0.717) is 16.9 Å². The molecule has 0 radical (unpaired) electrons. The van der Waals surface area contributed by atoms with Crippen LogP contribution in [0.3, 0.4) is 0 Å². The van der Waals surface area contributed by atoms with Crippen LogP contribution >= 0.6 is 51.1 Å². The summed E-state index contributed by atoms with van der Waals surface area (Å²) < 4.78 is 1.09. The maximum atomic E-state index is 6.89. The average Bonchev–Trinajstić information content (AvgIpc) is 3.36. The highest BCUT2D eigenvalue weighted by Crippen LogP contribution is 2.45. The molecule has 0 spiro atoms. The van der Waals surface area contributed by atoms with Gasteiger partial charge in [0.05, 0.1) is 32.3 Å². The lowest BCUT2D eigenvalue weighted by molar-refractivity contribution is 0.357. The zero-order valence-electron chi connectivity index (χ0n) is 18.5. The van der Waals surface area contributed by atoms with Gasteiger partial charge in [-0.25, -0.2) is 0 Å². The van der Waals surface area contributed by atoms with Gasteiger partial charge < -0.3 is 15.1 Å². The van der Waals surface area contributed by atoms with Gasteiger partial charge in [0.15, 0.2) is 5.11 Å². The van der Waals surface area contributed by atoms with Crippen LogP contribution in [0.2, 0.25) is 5.02 Å². The van der Waals surface area contributed by atoms with Crippen LogP contribution in [0.15, 0.2) is 58.5 Å². The largest absolute Gasteiger partial charge is 0.370 e. The van der Waals surface area contributed by atoms with Crippen LogP contribution in [0.4, 0.5) is 11.4 Å². The molecule has 3 aromatic rings. The lowest BCUT2D eigenvalue weighted by Gasteiger charge is -2.37. The van der Waals surface area contributed by atoms with E-state index in [2.05, 4.69) is 80.2 Å². The van der Waals surface area contributed by atoms with Gasteiger partial charge >= 0.3 is 0 Å². The summed E-state index contributed by atoms with van der Waals surface area (Å²) in [6.45, 7) is 6.73. The van der Waals surface area contributed by atoms with Crippen LogP contribution in [0, 0.1) is 11.8 Å². The average molecular weight is 562 g/mol. The van der Waals surface area contributed by atoms with E-state index in [1.54, 1.807) is 11.3 Å². The van der Waals surface area contributed by atoms with Crippen LogP contribution < -0.4 is 15.1 Å². The Morgan fingerprint density at radius 1 is 1.12 bits per heavy atom. The van der Waals surface area contributed by atoms with Crippen molar-refractivity contribution in [2.45, 2.75) is 32.4 Å². The summed E-state index contributed by atoms with van der Waals surface area (Å²) in [7, 11) is 0. The lowest BCUT2D eigenvalue weighted by atomic mass is 9.91. The number of halogens is 2. The normalized spacial score (nSPS) is 25.4. The summed E-state index contributed by atoms with van der Waals surface area (Å²) in [6.07, 6.45) is 3.10. The van der Waals surface area contributed by atoms with Gasteiger partial charge in [0.25, 0.3) is 0 Å². The second-order valence-electron chi connectivity index (χ2n) is 9.13. The molecule has 4 atom stereocenters. The predicted molar refractivity (Wildman–Crippen MR) is 147 cm³/mol. The van der Waals surface area contributed by atoms with E-state index in [9.17, 15) is 0 Å². The second-order valence-corrected chi connectivity index (χ2v) is 12.4. The minimum atomic E-state index is -0.0495. The monoisotopic (exact) mass is 560 g/mol. The molecule has 1 N–H and O–H groups in total. The summed E-state index contributed by atoms with van der Waals surface area (Å²) in [6, 6.07) is 16.5. The molecule has 2 aliphatic heterocycles. The third-order valence-corrected chi connectivity index (χ3v) is 8.71. The topological polar surface area (TPSA) is 31.4 Å². The molecule has 2 saturated heterocycles. The molecule has 1 aromatic carbocycles. The van der Waals surface area contributed by atoms with Gasteiger partial charge in [-0.1, -0.05) is 31.5 Å². The van der Waals surface area contributed by atoms with Crippen molar-refractivity contribution in [2.24, 2.45) is 11.8 Å². The molecule has 0 amide bonds. The third-order valence-electron chi connectivity index (χ3n) is 6.40. The van der Waals surface area contributed by atoms with Gasteiger partial charge in [0.1, 0.15) is 0 Å². The van der Waals surface area contributed by atoms with Gasteiger partial charge in [-0.3, -0.25) is 4.98 Å². The first-order valence-corrected chi connectivity index (χ1v) is 13.6. The quantitative estimate of drug-likeness (QED) is 0.340. The molecular formula is C25H26BrClN4S2. The third kappa shape index (κ3) is 4.65. The highest BCUT2D eigenvalue weighted by molar-refractivity contribution is 9.11. The number of thiocarbonyl (C=S) groups is 1. The zero-order chi connectivity index (χ0) is 23.1. The standard InChI is InChI=1S/C25H26BrClN4S2/c1-15-11-16(2)14-30(13-15)20-7-6-17(12-18(20)27)31-24(21-8-9-22(26)33-21)23(29-25(31)32)19-5-3-4-10-28-19/h3-10,12,15-16,23-24H,11,13-14H2,1-2H3,(H,29,32)/t15-,16-,23-,24-/m0/s1. The number of rotatable bonds is 4. The number of anilines is 2. The van der Waals surface area contributed by atoms with E-state index < -0.39 is 0 Å². The van der Waals surface area contributed by atoms with Crippen LogP contribution in [-0.2, 0) is 0 Å². The summed E-state index contributed by atoms with van der Waals surface area (Å²) >= 11 is 18.1. The number of aromatic nitrogens is 1. The Morgan fingerprint density at radius 3 is 2.55 bits per heavy atom. The van der Waals surface area contributed by atoms with Crippen molar-refractivity contribution in [1.82, 2.24) is 10.3 Å². The van der Waals surface area contributed by atoms with Gasteiger partial charge in [-0.2, -0.15) is 0 Å². The molecule has 2 fully saturated rings. The fourth-order valence-electron chi connectivity index (χ4n) is 5.17. The minimum absolute atomic E-state index is 0.0133. The first kappa shape index (κ1) is 23.1. The van der Waals surface area contributed by atoms with E-state index in [1.807, 2.05) is 24.4 Å². The molecule has 4 heterocycles. The smallest absolute Gasteiger partial charge is 0.174 e. The van der Waals surface area contributed by atoms with Crippen LogP contribution in [0.25, 0.3) is 0 Å². The highest BCUT2D eigenvalue weighted by Gasteiger charge is 2.41. The van der Waals surface area contributed by atoms with Crippen molar-refractivity contribution in [3.8, 4) is 0 Å². The summed E-state index contributed by atoms with van der Waals surface area (Å²) in [4.78, 5) is 10.4. The van der Waals surface area contributed by atoms with E-state index in [1.165, 1.54) is 11.3 Å². The molecular weight excluding hydrogens is 536 g/mol. The molecule has 172 valence electrons. The van der Waals surface area contributed by atoms with Crippen molar-refractivity contribution in [2.75, 3.05) is 22.9 Å². The van der Waals surface area contributed by atoms with Crippen molar-refractivity contribution in [3.05, 3.63) is 74.1 Å². The Kier molecular flexibility index (Phi) is 6.67. The van der Waals surface area contributed by atoms with Gasteiger partial charge in [-0.05, 0) is 88.9 Å². The van der Waals surface area contributed by atoms with Gasteiger partial charge in [0, 0.05) is 29.9 Å². The number of nitrogens with one attached hydrogen (secondary N) is 1. The molecule has 8 heteroatoms. The summed E-state index contributed by atoms with van der Waals surface area (Å²) in [5, 5.41) is 4.97. The summed E-state index contributed by atoms with van der Waals surface area (Å²) in [5.74, 6) is 1.33. The maximum Gasteiger partial charge on any atom is 0.174 e. The fraction of sp³-hybridized carbons (Fsp3) is 0.360. The maximum absolute atomic E-state index is 6.89. The predicted octanol–water partition coefficient (Wildman–Crippen LogP) is 7.22. The molecule has 0 aliphatic carbocycles. The van der Waals surface area contributed by atoms with Crippen LogP contribution in [0.5, 0.6) is 0 Å². The molecule has 33 heavy (non-hydrogen) atoms. The Bertz CT molecular complexity index is 1140. The van der Waals surface area contributed by atoms with E-state index >= 15 is 0 Å². The molecule has 4 nitrogen and oxygen atoms in total. The Balaban J connectivity index is 1.51.